The molecular weight excluding hydrogens is 262 g/mol. The molecule has 0 atom stereocenters. The third-order valence-electron chi connectivity index (χ3n) is 3.63. The molecule has 112 valence electrons. The van der Waals surface area contributed by atoms with Gasteiger partial charge in [0, 0.05) is 0 Å². The number of benzene rings is 2. The summed E-state index contributed by atoms with van der Waals surface area (Å²) >= 11 is 0. The standard InChI is InChI=1S/C18H23NO2/c1-13-4-5-16(10-14(13)2)12-21-17-7-6-15(8-9-19)11-18(17)20-3/h4-7,10-11H,8-9,12,19H2,1-3H3. The van der Waals surface area contributed by atoms with E-state index in [9.17, 15) is 0 Å². The SMILES string of the molecule is COc1cc(CCN)ccc1OCc1ccc(C)c(C)c1. The fourth-order valence-corrected chi connectivity index (χ4v) is 2.21. The van der Waals surface area contributed by atoms with Crippen LogP contribution in [-0.2, 0) is 13.0 Å². The zero-order valence-corrected chi connectivity index (χ0v) is 13.0. The first-order chi connectivity index (χ1) is 10.1. The van der Waals surface area contributed by atoms with Crippen molar-refractivity contribution in [3.05, 3.63) is 58.7 Å². The summed E-state index contributed by atoms with van der Waals surface area (Å²) in [6.07, 6.45) is 0.841. The van der Waals surface area contributed by atoms with Crippen LogP contribution in [0.25, 0.3) is 0 Å². The largest absolute Gasteiger partial charge is 0.493 e. The minimum Gasteiger partial charge on any atom is -0.493 e. The van der Waals surface area contributed by atoms with E-state index in [2.05, 4.69) is 32.0 Å². The average Bonchev–Trinajstić information content (AvgIpc) is 2.49. The van der Waals surface area contributed by atoms with Crippen molar-refractivity contribution in [3.63, 3.8) is 0 Å². The first kappa shape index (κ1) is 15.4. The maximum Gasteiger partial charge on any atom is 0.161 e. The lowest BCUT2D eigenvalue weighted by Crippen LogP contribution is -2.03. The van der Waals surface area contributed by atoms with Gasteiger partial charge in [-0.05, 0) is 61.2 Å². The summed E-state index contributed by atoms with van der Waals surface area (Å²) in [5.41, 5.74) is 10.5. The van der Waals surface area contributed by atoms with E-state index in [4.69, 9.17) is 15.2 Å². The highest BCUT2D eigenvalue weighted by molar-refractivity contribution is 5.43. The van der Waals surface area contributed by atoms with Crippen LogP contribution in [0.3, 0.4) is 0 Å². The molecule has 0 radical (unpaired) electrons. The monoisotopic (exact) mass is 285 g/mol. The molecule has 0 aliphatic heterocycles. The first-order valence-electron chi connectivity index (χ1n) is 7.20. The predicted molar refractivity (Wildman–Crippen MR) is 86.0 cm³/mol. The van der Waals surface area contributed by atoms with Gasteiger partial charge in [-0.1, -0.05) is 24.3 Å². The molecule has 2 aromatic carbocycles. The summed E-state index contributed by atoms with van der Waals surface area (Å²) in [5, 5.41) is 0. The zero-order valence-electron chi connectivity index (χ0n) is 13.0. The van der Waals surface area contributed by atoms with Gasteiger partial charge in [0.05, 0.1) is 7.11 Å². The maximum atomic E-state index is 5.89. The van der Waals surface area contributed by atoms with Crippen molar-refractivity contribution in [2.75, 3.05) is 13.7 Å². The molecule has 0 heterocycles. The highest BCUT2D eigenvalue weighted by Crippen LogP contribution is 2.29. The molecule has 2 N–H and O–H groups in total. The van der Waals surface area contributed by atoms with Gasteiger partial charge in [-0.2, -0.15) is 0 Å². The molecular formula is C18H23NO2. The molecule has 0 bridgehead atoms. The van der Waals surface area contributed by atoms with Crippen molar-refractivity contribution < 1.29 is 9.47 Å². The molecule has 0 aromatic heterocycles. The Morgan fingerprint density at radius 3 is 2.33 bits per heavy atom. The molecule has 3 nitrogen and oxygen atoms in total. The summed E-state index contributed by atoms with van der Waals surface area (Å²) in [4.78, 5) is 0. The van der Waals surface area contributed by atoms with Gasteiger partial charge >= 0.3 is 0 Å². The maximum absolute atomic E-state index is 5.89. The summed E-state index contributed by atoms with van der Waals surface area (Å²) in [5.74, 6) is 1.52. The summed E-state index contributed by atoms with van der Waals surface area (Å²) in [7, 11) is 1.66. The van der Waals surface area contributed by atoms with E-state index in [1.54, 1.807) is 7.11 Å². The molecule has 3 heteroatoms. The van der Waals surface area contributed by atoms with E-state index in [0.29, 0.717) is 13.2 Å². The van der Waals surface area contributed by atoms with Crippen LogP contribution in [0.2, 0.25) is 0 Å². The zero-order chi connectivity index (χ0) is 15.2. The molecule has 0 fully saturated rings. The van der Waals surface area contributed by atoms with Gasteiger partial charge in [-0.25, -0.2) is 0 Å². The van der Waals surface area contributed by atoms with Crippen LogP contribution in [0.5, 0.6) is 11.5 Å². The van der Waals surface area contributed by atoms with Crippen molar-refractivity contribution in [1.29, 1.82) is 0 Å². The Balaban J connectivity index is 2.10. The van der Waals surface area contributed by atoms with Gasteiger partial charge in [0.2, 0.25) is 0 Å². The van der Waals surface area contributed by atoms with Crippen LogP contribution in [0.15, 0.2) is 36.4 Å². The number of aryl methyl sites for hydroxylation is 2. The highest BCUT2D eigenvalue weighted by atomic mass is 16.5. The fourth-order valence-electron chi connectivity index (χ4n) is 2.21. The Morgan fingerprint density at radius 1 is 0.905 bits per heavy atom. The Morgan fingerprint density at radius 2 is 1.67 bits per heavy atom. The third-order valence-corrected chi connectivity index (χ3v) is 3.63. The predicted octanol–water partition coefficient (Wildman–Crippen LogP) is 3.39. The second-order valence-corrected chi connectivity index (χ2v) is 5.23. The van der Waals surface area contributed by atoms with Crippen molar-refractivity contribution >= 4 is 0 Å². The van der Waals surface area contributed by atoms with Crippen LogP contribution < -0.4 is 15.2 Å². The molecule has 0 aliphatic carbocycles. The van der Waals surface area contributed by atoms with Crippen molar-refractivity contribution in [2.24, 2.45) is 5.73 Å². The number of methoxy groups -OCH3 is 1. The van der Waals surface area contributed by atoms with Crippen LogP contribution in [0.1, 0.15) is 22.3 Å². The molecule has 0 amide bonds. The topological polar surface area (TPSA) is 44.5 Å². The lowest BCUT2D eigenvalue weighted by Gasteiger charge is -2.13. The van der Waals surface area contributed by atoms with E-state index in [0.717, 1.165) is 29.0 Å². The van der Waals surface area contributed by atoms with E-state index >= 15 is 0 Å². The van der Waals surface area contributed by atoms with E-state index in [1.807, 2.05) is 18.2 Å². The normalized spacial score (nSPS) is 10.5. The van der Waals surface area contributed by atoms with E-state index < -0.39 is 0 Å². The van der Waals surface area contributed by atoms with Crippen molar-refractivity contribution in [3.8, 4) is 11.5 Å². The minimum atomic E-state index is 0.535. The Hall–Kier alpha value is -2.00. The summed E-state index contributed by atoms with van der Waals surface area (Å²) < 4.78 is 11.3. The smallest absolute Gasteiger partial charge is 0.161 e. The summed E-state index contributed by atoms with van der Waals surface area (Å²) in [6.45, 7) is 5.39. The quantitative estimate of drug-likeness (QED) is 0.884. The number of rotatable bonds is 6. The molecule has 21 heavy (non-hydrogen) atoms. The molecule has 2 aromatic rings. The van der Waals surface area contributed by atoms with Gasteiger partial charge in [-0.15, -0.1) is 0 Å². The van der Waals surface area contributed by atoms with Gasteiger partial charge in [-0.3, -0.25) is 0 Å². The van der Waals surface area contributed by atoms with Crippen molar-refractivity contribution in [2.45, 2.75) is 26.9 Å². The number of hydrogen-bond donors (Lipinski definition) is 1. The first-order valence-corrected chi connectivity index (χ1v) is 7.20. The van der Waals surface area contributed by atoms with E-state index in [-0.39, 0.29) is 0 Å². The second kappa shape index (κ2) is 7.14. The van der Waals surface area contributed by atoms with Crippen LogP contribution >= 0.6 is 0 Å². The molecule has 0 spiro atoms. The molecule has 0 saturated heterocycles. The van der Waals surface area contributed by atoms with E-state index in [1.165, 1.54) is 11.1 Å². The minimum absolute atomic E-state index is 0.535. The van der Waals surface area contributed by atoms with Crippen LogP contribution in [0.4, 0.5) is 0 Å². The second-order valence-electron chi connectivity index (χ2n) is 5.23. The highest BCUT2D eigenvalue weighted by Gasteiger charge is 2.06. The Bertz CT molecular complexity index is 608. The number of nitrogens with two attached hydrogens (primary N) is 1. The van der Waals surface area contributed by atoms with Gasteiger partial charge in [0.25, 0.3) is 0 Å². The van der Waals surface area contributed by atoms with Crippen LogP contribution in [-0.4, -0.2) is 13.7 Å². The average molecular weight is 285 g/mol. The molecule has 2 rings (SSSR count). The fraction of sp³-hybridized carbons (Fsp3) is 0.333. The van der Waals surface area contributed by atoms with Crippen LogP contribution in [0, 0.1) is 13.8 Å². The number of ether oxygens (including phenoxy) is 2. The lowest BCUT2D eigenvalue weighted by molar-refractivity contribution is 0.284. The van der Waals surface area contributed by atoms with Gasteiger partial charge < -0.3 is 15.2 Å². The Kier molecular flexibility index (Phi) is 5.23. The van der Waals surface area contributed by atoms with Gasteiger partial charge in [0.15, 0.2) is 11.5 Å². The number of hydrogen-bond acceptors (Lipinski definition) is 3. The summed E-state index contributed by atoms with van der Waals surface area (Å²) in [6, 6.07) is 12.3. The molecule has 0 aliphatic rings. The lowest BCUT2D eigenvalue weighted by atomic mass is 10.1. The van der Waals surface area contributed by atoms with Crippen molar-refractivity contribution in [1.82, 2.24) is 0 Å². The Labute approximate surface area is 126 Å². The van der Waals surface area contributed by atoms with Gasteiger partial charge in [0.1, 0.15) is 6.61 Å². The molecule has 0 unspecified atom stereocenters. The molecule has 0 saturated carbocycles. The third kappa shape index (κ3) is 3.99.